The van der Waals surface area contributed by atoms with Gasteiger partial charge in [0.05, 0.1) is 5.56 Å². The van der Waals surface area contributed by atoms with Crippen LogP contribution in [0.25, 0.3) is 0 Å². The monoisotopic (exact) mass is 340 g/mol. The first kappa shape index (κ1) is 18.2. The molecule has 0 aliphatic heterocycles. The second-order valence-electron chi connectivity index (χ2n) is 5.33. The van der Waals surface area contributed by atoms with E-state index in [9.17, 15) is 14.4 Å². The minimum atomic E-state index is -0.558. The molecule has 2 aromatic carbocycles. The number of carbonyl (C=O) groups excluding carboxylic acids is 3. The van der Waals surface area contributed by atoms with Gasteiger partial charge in [-0.3, -0.25) is 9.59 Å². The summed E-state index contributed by atoms with van der Waals surface area (Å²) in [4.78, 5) is 35.4. The van der Waals surface area contributed by atoms with Crippen molar-refractivity contribution in [2.45, 2.75) is 13.3 Å². The van der Waals surface area contributed by atoms with Gasteiger partial charge in [0.2, 0.25) is 0 Å². The Kier molecular flexibility index (Phi) is 6.28. The van der Waals surface area contributed by atoms with E-state index >= 15 is 0 Å². The molecule has 0 unspecified atom stereocenters. The minimum Gasteiger partial charge on any atom is -0.452 e. The van der Waals surface area contributed by atoms with Gasteiger partial charge >= 0.3 is 5.97 Å². The zero-order valence-electron chi connectivity index (χ0n) is 14.2. The summed E-state index contributed by atoms with van der Waals surface area (Å²) in [7, 11) is 1.53. The number of amides is 2. The number of nitrogens with one attached hydrogen (secondary N) is 2. The highest BCUT2D eigenvalue weighted by Gasteiger charge is 2.11. The quantitative estimate of drug-likeness (QED) is 0.791. The maximum Gasteiger partial charge on any atom is 0.338 e. The van der Waals surface area contributed by atoms with E-state index in [2.05, 4.69) is 10.6 Å². The lowest BCUT2D eigenvalue weighted by Crippen LogP contribution is -2.22. The first-order valence-corrected chi connectivity index (χ1v) is 7.91. The summed E-state index contributed by atoms with van der Waals surface area (Å²) < 4.78 is 5.00. The van der Waals surface area contributed by atoms with Gasteiger partial charge in [-0.05, 0) is 42.3 Å². The number of hydrogen-bond acceptors (Lipinski definition) is 4. The summed E-state index contributed by atoms with van der Waals surface area (Å²) in [5, 5.41) is 5.10. The Hall–Kier alpha value is -3.15. The largest absolute Gasteiger partial charge is 0.452 e. The number of rotatable bonds is 6. The molecule has 0 atom stereocenters. The van der Waals surface area contributed by atoms with Crippen LogP contribution in [0.5, 0.6) is 0 Å². The van der Waals surface area contributed by atoms with Crippen LogP contribution >= 0.6 is 0 Å². The summed E-state index contributed by atoms with van der Waals surface area (Å²) in [6.07, 6.45) is 0.882. The normalized spacial score (nSPS) is 10.0. The van der Waals surface area contributed by atoms with Gasteiger partial charge in [0.25, 0.3) is 11.8 Å². The van der Waals surface area contributed by atoms with Crippen molar-refractivity contribution in [3.05, 3.63) is 65.2 Å². The zero-order valence-corrected chi connectivity index (χ0v) is 14.2. The number of benzene rings is 2. The average Bonchev–Trinajstić information content (AvgIpc) is 2.65. The number of aryl methyl sites for hydroxylation is 1. The fourth-order valence-electron chi connectivity index (χ4n) is 2.17. The Morgan fingerprint density at radius 1 is 1.00 bits per heavy atom. The van der Waals surface area contributed by atoms with Crippen molar-refractivity contribution in [1.82, 2.24) is 5.32 Å². The van der Waals surface area contributed by atoms with Crippen molar-refractivity contribution in [3.63, 3.8) is 0 Å². The second-order valence-corrected chi connectivity index (χ2v) is 5.33. The van der Waals surface area contributed by atoms with Crippen LogP contribution in [0.3, 0.4) is 0 Å². The lowest BCUT2D eigenvalue weighted by molar-refractivity contribution is -0.119. The predicted octanol–water partition coefficient (Wildman–Crippen LogP) is 2.40. The molecule has 2 rings (SSSR count). The zero-order chi connectivity index (χ0) is 18.2. The number of carbonyl (C=O) groups is 3. The topological polar surface area (TPSA) is 84.5 Å². The van der Waals surface area contributed by atoms with Crippen molar-refractivity contribution >= 4 is 23.5 Å². The fourth-order valence-corrected chi connectivity index (χ4v) is 2.17. The molecule has 0 aliphatic carbocycles. The highest BCUT2D eigenvalue weighted by molar-refractivity contribution is 5.98. The van der Waals surface area contributed by atoms with Gasteiger partial charge in [-0.15, -0.1) is 0 Å². The molecule has 2 N–H and O–H groups in total. The predicted molar refractivity (Wildman–Crippen MR) is 94.6 cm³/mol. The SMILES string of the molecule is CCc1ccc(C(=O)OCC(=O)Nc2cccc(C(=O)NC)c2)cc1. The highest BCUT2D eigenvalue weighted by atomic mass is 16.5. The molecule has 0 spiro atoms. The van der Waals surface area contributed by atoms with Crippen LogP contribution in [0.2, 0.25) is 0 Å². The summed E-state index contributed by atoms with van der Waals surface area (Å²) in [6, 6.07) is 13.5. The number of hydrogen-bond donors (Lipinski definition) is 2. The third-order valence-electron chi connectivity index (χ3n) is 3.57. The first-order valence-electron chi connectivity index (χ1n) is 7.91. The van der Waals surface area contributed by atoms with Gasteiger partial charge in [-0.1, -0.05) is 25.1 Å². The van der Waals surface area contributed by atoms with Crippen LogP contribution < -0.4 is 10.6 Å². The average molecular weight is 340 g/mol. The molecule has 6 nitrogen and oxygen atoms in total. The van der Waals surface area contributed by atoms with Crippen molar-refractivity contribution < 1.29 is 19.1 Å². The summed E-state index contributed by atoms with van der Waals surface area (Å²) in [6.45, 7) is 1.62. The molecule has 0 aliphatic rings. The molecule has 130 valence electrons. The standard InChI is InChI=1S/C19H20N2O4/c1-3-13-7-9-14(10-8-13)19(24)25-12-17(22)21-16-6-4-5-15(11-16)18(23)20-2/h4-11H,3,12H2,1-2H3,(H,20,23)(H,21,22). The van der Waals surface area contributed by atoms with Gasteiger partial charge in [0.1, 0.15) is 0 Å². The van der Waals surface area contributed by atoms with Crippen LogP contribution in [-0.4, -0.2) is 31.4 Å². The van der Waals surface area contributed by atoms with Crippen LogP contribution in [0, 0.1) is 0 Å². The van der Waals surface area contributed by atoms with E-state index in [0.717, 1.165) is 12.0 Å². The summed E-state index contributed by atoms with van der Waals surface area (Å²) in [5.41, 5.74) is 2.39. The minimum absolute atomic E-state index is 0.252. The molecular formula is C19H20N2O4. The summed E-state index contributed by atoms with van der Waals surface area (Å²) >= 11 is 0. The van der Waals surface area contributed by atoms with Crippen LogP contribution in [0.15, 0.2) is 48.5 Å². The van der Waals surface area contributed by atoms with Gasteiger partial charge in [-0.2, -0.15) is 0 Å². The Balaban J connectivity index is 1.89. The smallest absolute Gasteiger partial charge is 0.338 e. The highest BCUT2D eigenvalue weighted by Crippen LogP contribution is 2.11. The lowest BCUT2D eigenvalue weighted by Gasteiger charge is -2.08. The molecule has 0 bridgehead atoms. The molecule has 2 amide bonds. The van der Waals surface area contributed by atoms with E-state index in [-0.39, 0.29) is 5.91 Å². The van der Waals surface area contributed by atoms with E-state index in [0.29, 0.717) is 16.8 Å². The third kappa shape index (κ3) is 5.17. The number of anilines is 1. The molecule has 0 saturated heterocycles. The lowest BCUT2D eigenvalue weighted by atomic mass is 10.1. The molecule has 0 radical (unpaired) electrons. The molecular weight excluding hydrogens is 320 g/mol. The van der Waals surface area contributed by atoms with E-state index in [4.69, 9.17) is 4.74 Å². The molecule has 0 aromatic heterocycles. The third-order valence-corrected chi connectivity index (χ3v) is 3.57. The Labute approximate surface area is 146 Å². The van der Waals surface area contributed by atoms with Gasteiger partial charge < -0.3 is 15.4 Å². The Morgan fingerprint density at radius 2 is 1.72 bits per heavy atom. The maximum absolute atomic E-state index is 11.9. The van der Waals surface area contributed by atoms with Crippen LogP contribution in [0.4, 0.5) is 5.69 Å². The second kappa shape index (κ2) is 8.63. The molecule has 0 saturated carbocycles. The van der Waals surface area contributed by atoms with E-state index in [1.54, 1.807) is 36.4 Å². The molecule has 0 fully saturated rings. The number of esters is 1. The fraction of sp³-hybridized carbons (Fsp3) is 0.211. The molecule has 2 aromatic rings. The molecule has 0 heterocycles. The summed E-state index contributed by atoms with van der Waals surface area (Å²) in [5.74, 6) is -1.29. The molecule has 25 heavy (non-hydrogen) atoms. The van der Waals surface area contributed by atoms with Crippen LogP contribution in [0.1, 0.15) is 33.2 Å². The Morgan fingerprint density at radius 3 is 2.36 bits per heavy atom. The first-order chi connectivity index (χ1) is 12.0. The maximum atomic E-state index is 11.9. The van der Waals surface area contributed by atoms with Crippen LogP contribution in [-0.2, 0) is 16.0 Å². The van der Waals surface area contributed by atoms with E-state index in [1.165, 1.54) is 7.05 Å². The van der Waals surface area contributed by atoms with Crippen molar-refractivity contribution in [2.75, 3.05) is 19.0 Å². The van der Waals surface area contributed by atoms with E-state index < -0.39 is 18.5 Å². The van der Waals surface area contributed by atoms with Crippen molar-refractivity contribution in [2.24, 2.45) is 0 Å². The number of ether oxygens (including phenoxy) is 1. The van der Waals surface area contributed by atoms with Gasteiger partial charge in [0, 0.05) is 18.3 Å². The van der Waals surface area contributed by atoms with Gasteiger partial charge in [0.15, 0.2) is 6.61 Å². The Bertz CT molecular complexity index is 769. The van der Waals surface area contributed by atoms with Crippen molar-refractivity contribution in [1.29, 1.82) is 0 Å². The molecule has 6 heteroatoms. The van der Waals surface area contributed by atoms with Gasteiger partial charge in [-0.25, -0.2) is 4.79 Å². The van der Waals surface area contributed by atoms with Crippen molar-refractivity contribution in [3.8, 4) is 0 Å². The van der Waals surface area contributed by atoms with E-state index in [1.807, 2.05) is 19.1 Å².